The summed E-state index contributed by atoms with van der Waals surface area (Å²) >= 11 is 0. The van der Waals surface area contributed by atoms with E-state index in [1.807, 2.05) is 6.92 Å². The second kappa shape index (κ2) is 7.41. The van der Waals surface area contributed by atoms with Gasteiger partial charge >= 0.3 is 0 Å². The van der Waals surface area contributed by atoms with Gasteiger partial charge in [-0.2, -0.15) is 0 Å². The zero-order valence-corrected chi connectivity index (χ0v) is 18.5. The van der Waals surface area contributed by atoms with Crippen LogP contribution >= 0.6 is 0 Å². The number of aryl methyl sites for hydroxylation is 3. The Morgan fingerprint density at radius 2 is 1.75 bits per heavy atom. The molecule has 3 aliphatic carbocycles. The Hall–Kier alpha value is -0.900. The summed E-state index contributed by atoms with van der Waals surface area (Å²) in [5, 5.41) is 0. The lowest BCUT2D eigenvalue weighted by Crippen LogP contribution is -2.51. The zero-order valence-electron chi connectivity index (χ0n) is 18.5. The molecule has 1 heterocycles. The van der Waals surface area contributed by atoms with Gasteiger partial charge in [-0.3, -0.25) is 0 Å². The minimum absolute atomic E-state index is 0.196. The first-order valence-corrected chi connectivity index (χ1v) is 11.4. The quantitative estimate of drug-likeness (QED) is 0.674. The van der Waals surface area contributed by atoms with Crippen LogP contribution in [0.3, 0.4) is 0 Å². The number of hydrogen-bond acceptors (Lipinski definition) is 3. The van der Waals surface area contributed by atoms with Crippen molar-refractivity contribution in [3.63, 3.8) is 0 Å². The number of nitrogens with two attached hydrogens (primary N) is 1. The van der Waals surface area contributed by atoms with Crippen molar-refractivity contribution in [3.8, 4) is 0 Å². The molecule has 3 heteroatoms. The van der Waals surface area contributed by atoms with Crippen LogP contribution in [0.1, 0.15) is 74.6 Å². The molecule has 1 aromatic rings. The molecule has 0 amide bonds. The SMILES string of the molecule is CCN.Cc1cc2c(cc1C)C1CCC3(C)C(C(C)CC34OCCO4)C1CC2. The predicted molar refractivity (Wildman–Crippen MR) is 114 cm³/mol. The molecule has 1 spiro atoms. The zero-order chi connectivity index (χ0) is 20.1. The standard InChI is InChI=1S/C23H32O2.C2H7N/c1-14-11-17-5-6-19-18(20(17)12-15(14)2)7-8-22(4)21(19)16(3)13-23(22)24-9-10-25-23;1-2-3/h11-12,16,18-19,21H,5-10,13H2,1-4H3;2-3H2,1H3. The smallest absolute Gasteiger partial charge is 0.174 e. The van der Waals surface area contributed by atoms with Crippen molar-refractivity contribution in [1.82, 2.24) is 0 Å². The lowest BCUT2D eigenvalue weighted by atomic mass is 9.53. The highest BCUT2D eigenvalue weighted by atomic mass is 16.7. The van der Waals surface area contributed by atoms with Crippen molar-refractivity contribution in [3.05, 3.63) is 34.4 Å². The molecule has 5 unspecified atom stereocenters. The molecule has 0 radical (unpaired) electrons. The van der Waals surface area contributed by atoms with Crippen LogP contribution in [0.25, 0.3) is 0 Å². The van der Waals surface area contributed by atoms with E-state index in [4.69, 9.17) is 15.2 Å². The van der Waals surface area contributed by atoms with Gasteiger partial charge < -0.3 is 15.2 Å². The lowest BCUT2D eigenvalue weighted by Gasteiger charge is -2.53. The fourth-order valence-corrected chi connectivity index (χ4v) is 7.29. The van der Waals surface area contributed by atoms with Crippen LogP contribution in [-0.4, -0.2) is 25.5 Å². The Balaban J connectivity index is 0.000000604. The summed E-state index contributed by atoms with van der Waals surface area (Å²) in [4.78, 5) is 0. The third-order valence-corrected chi connectivity index (χ3v) is 8.42. The van der Waals surface area contributed by atoms with Crippen LogP contribution in [0.5, 0.6) is 0 Å². The molecule has 3 fully saturated rings. The molecule has 5 atom stereocenters. The summed E-state index contributed by atoms with van der Waals surface area (Å²) in [5.74, 6) is 2.70. The second-order valence-electron chi connectivity index (χ2n) is 9.97. The third kappa shape index (κ3) is 2.88. The summed E-state index contributed by atoms with van der Waals surface area (Å²) in [6.45, 7) is 13.7. The highest BCUT2D eigenvalue weighted by molar-refractivity contribution is 5.42. The summed E-state index contributed by atoms with van der Waals surface area (Å²) in [5.41, 5.74) is 11.3. The molecular formula is C25H39NO2. The van der Waals surface area contributed by atoms with Gasteiger partial charge in [0.1, 0.15) is 0 Å². The van der Waals surface area contributed by atoms with E-state index < -0.39 is 0 Å². The maximum absolute atomic E-state index is 6.31. The molecule has 2 N–H and O–H groups in total. The van der Waals surface area contributed by atoms with Crippen molar-refractivity contribution < 1.29 is 9.47 Å². The molecule has 2 saturated carbocycles. The van der Waals surface area contributed by atoms with Crippen LogP contribution < -0.4 is 5.73 Å². The van der Waals surface area contributed by atoms with Gasteiger partial charge in [-0.1, -0.05) is 32.9 Å². The maximum atomic E-state index is 6.31. The summed E-state index contributed by atoms with van der Waals surface area (Å²) in [7, 11) is 0. The van der Waals surface area contributed by atoms with E-state index in [0.717, 1.165) is 43.9 Å². The highest BCUT2D eigenvalue weighted by Gasteiger charge is 2.67. The topological polar surface area (TPSA) is 44.5 Å². The Kier molecular flexibility index (Phi) is 5.39. The minimum atomic E-state index is -0.286. The Bertz CT molecular complexity index is 724. The molecular weight excluding hydrogens is 346 g/mol. The Morgan fingerprint density at radius 1 is 1.11 bits per heavy atom. The molecule has 4 aliphatic rings. The van der Waals surface area contributed by atoms with Crippen molar-refractivity contribution in [2.45, 2.75) is 78.4 Å². The summed E-state index contributed by atoms with van der Waals surface area (Å²) < 4.78 is 12.6. The van der Waals surface area contributed by atoms with Gasteiger partial charge in [-0.25, -0.2) is 0 Å². The monoisotopic (exact) mass is 385 g/mol. The number of rotatable bonds is 0. The summed E-state index contributed by atoms with van der Waals surface area (Å²) in [6.07, 6.45) is 6.24. The Labute approximate surface area is 171 Å². The van der Waals surface area contributed by atoms with E-state index in [-0.39, 0.29) is 11.2 Å². The number of hydrogen-bond donors (Lipinski definition) is 1. The van der Waals surface area contributed by atoms with Crippen LogP contribution in [0.4, 0.5) is 0 Å². The molecule has 1 aliphatic heterocycles. The van der Waals surface area contributed by atoms with E-state index in [1.54, 1.807) is 11.1 Å². The maximum Gasteiger partial charge on any atom is 0.174 e. The number of benzene rings is 1. The van der Waals surface area contributed by atoms with E-state index in [2.05, 4.69) is 39.8 Å². The van der Waals surface area contributed by atoms with Crippen LogP contribution in [0.15, 0.2) is 12.1 Å². The highest BCUT2D eigenvalue weighted by Crippen LogP contribution is 2.67. The number of fused-ring (bicyclic) bond motifs is 6. The Morgan fingerprint density at radius 3 is 2.43 bits per heavy atom. The molecule has 0 bridgehead atoms. The first-order chi connectivity index (χ1) is 13.4. The van der Waals surface area contributed by atoms with Crippen molar-refractivity contribution in [1.29, 1.82) is 0 Å². The predicted octanol–water partition coefficient (Wildman–Crippen LogP) is 5.11. The van der Waals surface area contributed by atoms with Gasteiger partial charge in [-0.05, 0) is 92.0 Å². The van der Waals surface area contributed by atoms with Crippen LogP contribution in [0.2, 0.25) is 0 Å². The van der Waals surface area contributed by atoms with Crippen LogP contribution in [0, 0.1) is 37.0 Å². The molecule has 1 aromatic carbocycles. The third-order valence-electron chi connectivity index (χ3n) is 8.42. The second-order valence-corrected chi connectivity index (χ2v) is 9.97. The van der Waals surface area contributed by atoms with Crippen molar-refractivity contribution >= 4 is 0 Å². The fraction of sp³-hybridized carbons (Fsp3) is 0.760. The number of ether oxygens (including phenoxy) is 2. The molecule has 5 rings (SSSR count). The van der Waals surface area contributed by atoms with Gasteiger partial charge in [0.25, 0.3) is 0 Å². The molecule has 28 heavy (non-hydrogen) atoms. The molecule has 0 aromatic heterocycles. The normalized spacial score (nSPS) is 37.6. The first kappa shape index (κ1) is 20.4. The van der Waals surface area contributed by atoms with E-state index in [0.29, 0.717) is 5.92 Å². The van der Waals surface area contributed by atoms with Gasteiger partial charge in [0, 0.05) is 11.8 Å². The molecule has 156 valence electrons. The van der Waals surface area contributed by atoms with Gasteiger partial charge in [-0.15, -0.1) is 0 Å². The molecule has 1 saturated heterocycles. The van der Waals surface area contributed by atoms with Crippen LogP contribution in [-0.2, 0) is 15.9 Å². The average molecular weight is 386 g/mol. The first-order valence-electron chi connectivity index (χ1n) is 11.4. The molecule has 3 nitrogen and oxygen atoms in total. The van der Waals surface area contributed by atoms with Gasteiger partial charge in [0.2, 0.25) is 0 Å². The van der Waals surface area contributed by atoms with Gasteiger partial charge in [0.15, 0.2) is 5.79 Å². The largest absolute Gasteiger partial charge is 0.347 e. The van der Waals surface area contributed by atoms with E-state index >= 15 is 0 Å². The fourth-order valence-electron chi connectivity index (χ4n) is 7.29. The summed E-state index contributed by atoms with van der Waals surface area (Å²) in [6, 6.07) is 4.99. The van der Waals surface area contributed by atoms with Crippen molar-refractivity contribution in [2.24, 2.45) is 28.9 Å². The van der Waals surface area contributed by atoms with E-state index in [9.17, 15) is 0 Å². The minimum Gasteiger partial charge on any atom is -0.347 e. The van der Waals surface area contributed by atoms with E-state index in [1.165, 1.54) is 36.8 Å². The van der Waals surface area contributed by atoms with Crippen molar-refractivity contribution in [2.75, 3.05) is 19.8 Å². The van der Waals surface area contributed by atoms with Gasteiger partial charge in [0.05, 0.1) is 13.2 Å². The lowest BCUT2D eigenvalue weighted by molar-refractivity contribution is -0.237. The average Bonchev–Trinajstić information content (AvgIpc) is 3.21.